The lowest BCUT2D eigenvalue weighted by molar-refractivity contribution is -0.131. The number of rotatable bonds is 41. The van der Waals surface area contributed by atoms with Gasteiger partial charge < -0.3 is 20.6 Å². The molecule has 4 N–H and O–H groups in total. The molecule has 1 amide bonds. The quantitative estimate of drug-likeness (QED) is 0.0369. The van der Waals surface area contributed by atoms with E-state index in [0.29, 0.717) is 6.42 Å². The fourth-order valence-electron chi connectivity index (χ4n) is 6.64. The molecule has 0 aromatic heterocycles. The summed E-state index contributed by atoms with van der Waals surface area (Å²) < 4.78 is 0. The summed E-state index contributed by atoms with van der Waals surface area (Å²) in [7, 11) is 0. The van der Waals surface area contributed by atoms with Crippen LogP contribution in [0.1, 0.15) is 219 Å². The molecule has 5 nitrogen and oxygen atoms in total. The summed E-state index contributed by atoms with van der Waals surface area (Å²) in [6.07, 6.45) is 58.4. The van der Waals surface area contributed by atoms with Crippen LogP contribution in [0.25, 0.3) is 0 Å². The van der Waals surface area contributed by atoms with Crippen LogP contribution in [-0.4, -0.2) is 46.1 Å². The second-order valence-corrected chi connectivity index (χ2v) is 15.6. The molecule has 3 atom stereocenters. The van der Waals surface area contributed by atoms with Crippen LogP contribution in [0.4, 0.5) is 0 Å². The highest BCUT2D eigenvalue weighted by atomic mass is 16.3. The van der Waals surface area contributed by atoms with E-state index in [1.54, 1.807) is 6.08 Å². The Hall–Kier alpha value is -1.95. The summed E-state index contributed by atoms with van der Waals surface area (Å²) in [5.74, 6) is -0.521. The molecule has 54 heavy (non-hydrogen) atoms. The number of amides is 1. The number of aliphatic hydroxyl groups is 3. The van der Waals surface area contributed by atoms with Gasteiger partial charge in [0, 0.05) is 0 Å². The highest BCUT2D eigenvalue weighted by Crippen LogP contribution is 2.15. The molecule has 0 aromatic rings. The zero-order valence-corrected chi connectivity index (χ0v) is 35.6. The average Bonchev–Trinajstić information content (AvgIpc) is 3.18. The number of carbonyl (C=O) groups is 1. The van der Waals surface area contributed by atoms with Crippen LogP contribution in [0.3, 0.4) is 0 Å². The molecule has 0 aliphatic carbocycles. The highest BCUT2D eigenvalue weighted by molar-refractivity contribution is 5.80. The van der Waals surface area contributed by atoms with Crippen molar-refractivity contribution in [2.24, 2.45) is 0 Å². The lowest BCUT2D eigenvalue weighted by Gasteiger charge is -2.21. The van der Waals surface area contributed by atoms with Gasteiger partial charge in [0.25, 0.3) is 0 Å². The van der Waals surface area contributed by atoms with Crippen LogP contribution in [0.5, 0.6) is 0 Å². The summed E-state index contributed by atoms with van der Waals surface area (Å²) >= 11 is 0. The van der Waals surface area contributed by atoms with E-state index in [4.69, 9.17) is 0 Å². The van der Waals surface area contributed by atoms with E-state index < -0.39 is 24.2 Å². The first-order valence-electron chi connectivity index (χ1n) is 23.1. The van der Waals surface area contributed by atoms with Gasteiger partial charge in [-0.15, -0.1) is 0 Å². The molecule has 0 aliphatic heterocycles. The summed E-state index contributed by atoms with van der Waals surface area (Å²) in [4.78, 5) is 12.4. The van der Waals surface area contributed by atoms with Crippen LogP contribution < -0.4 is 5.32 Å². The minimum Gasteiger partial charge on any atom is -0.394 e. The molecular weight excluding hydrogens is 667 g/mol. The third-order valence-corrected chi connectivity index (χ3v) is 10.3. The third kappa shape index (κ3) is 38.3. The zero-order chi connectivity index (χ0) is 39.4. The predicted octanol–water partition coefficient (Wildman–Crippen LogP) is 13.5. The monoisotopic (exact) mass is 756 g/mol. The Morgan fingerprint density at radius 3 is 1.30 bits per heavy atom. The average molecular weight is 756 g/mol. The molecule has 0 aromatic carbocycles. The van der Waals surface area contributed by atoms with Crippen molar-refractivity contribution in [3.05, 3.63) is 60.8 Å². The van der Waals surface area contributed by atoms with Crippen molar-refractivity contribution in [1.29, 1.82) is 0 Å². The lowest BCUT2D eigenvalue weighted by Crippen LogP contribution is -2.48. The first-order chi connectivity index (χ1) is 26.6. The Balaban J connectivity index is 3.63. The summed E-state index contributed by atoms with van der Waals surface area (Å²) in [6, 6.07) is -0.822. The van der Waals surface area contributed by atoms with Crippen LogP contribution in [0, 0.1) is 0 Å². The fraction of sp³-hybridized carbons (Fsp3) is 0.776. The molecule has 0 heterocycles. The molecule has 314 valence electrons. The molecule has 0 radical (unpaired) electrons. The van der Waals surface area contributed by atoms with Crippen molar-refractivity contribution in [3.8, 4) is 0 Å². The third-order valence-electron chi connectivity index (χ3n) is 10.3. The highest BCUT2D eigenvalue weighted by Gasteiger charge is 2.22. The van der Waals surface area contributed by atoms with Crippen LogP contribution in [-0.2, 0) is 4.79 Å². The van der Waals surface area contributed by atoms with Crippen molar-refractivity contribution in [2.45, 2.75) is 238 Å². The number of aliphatic hydroxyl groups excluding tert-OH is 3. The van der Waals surface area contributed by atoms with Gasteiger partial charge >= 0.3 is 0 Å². The molecule has 0 aliphatic rings. The Kier molecular flexibility index (Phi) is 42.2. The number of unbranched alkanes of at least 4 members (excludes halogenated alkanes) is 25. The molecule has 0 rings (SSSR count). The number of carbonyl (C=O) groups excluding carboxylic acids is 1. The maximum absolute atomic E-state index is 12.4. The summed E-state index contributed by atoms with van der Waals surface area (Å²) in [5, 5.41) is 33.0. The minimum absolute atomic E-state index is 0.384. The SMILES string of the molecule is CCCC/C=C/CC/C=C/CC/C=C/C(O)C(CO)NC(=O)C(O)CCCCCCCCCCCCCC/C=C\C/C=C\CCCCCCCCCCC. The largest absolute Gasteiger partial charge is 0.394 e. The van der Waals surface area contributed by atoms with Gasteiger partial charge in [0.1, 0.15) is 6.10 Å². The minimum atomic E-state index is -1.11. The number of nitrogens with one attached hydrogen (secondary N) is 1. The Morgan fingerprint density at radius 2 is 0.833 bits per heavy atom. The Morgan fingerprint density at radius 1 is 0.463 bits per heavy atom. The summed E-state index contributed by atoms with van der Waals surface area (Å²) in [6.45, 7) is 4.11. The molecule has 0 bridgehead atoms. The molecule has 0 fully saturated rings. The second kappa shape index (κ2) is 43.8. The lowest BCUT2D eigenvalue weighted by atomic mass is 10.0. The summed E-state index contributed by atoms with van der Waals surface area (Å²) in [5.41, 5.74) is 0. The van der Waals surface area contributed by atoms with Crippen molar-refractivity contribution in [3.63, 3.8) is 0 Å². The normalized spacial score (nSPS) is 14.1. The van der Waals surface area contributed by atoms with Gasteiger partial charge in [-0.2, -0.15) is 0 Å². The van der Waals surface area contributed by atoms with Crippen molar-refractivity contribution in [2.75, 3.05) is 6.61 Å². The van der Waals surface area contributed by atoms with Crippen LogP contribution in [0.2, 0.25) is 0 Å². The van der Waals surface area contributed by atoms with E-state index in [-0.39, 0.29) is 6.61 Å². The van der Waals surface area contributed by atoms with Gasteiger partial charge in [0.15, 0.2) is 0 Å². The maximum atomic E-state index is 12.4. The van der Waals surface area contributed by atoms with Gasteiger partial charge in [0.05, 0.1) is 18.8 Å². The fourth-order valence-corrected chi connectivity index (χ4v) is 6.64. The standard InChI is InChI=1S/C49H89NO4/c1-3-5-7-9-11-13-15-17-18-19-20-21-22-23-24-25-26-27-28-29-30-31-32-34-36-38-40-42-44-48(53)49(54)50-46(45-51)47(52)43-41-39-37-35-33-16-14-12-10-8-6-4-2/h10,12,20-21,23-24,33,35,41,43,46-48,51-53H,3-9,11,13-19,22,25-32,34,36-40,42,44-45H2,1-2H3,(H,50,54)/b12-10+,21-20-,24-23-,35-33+,43-41+. The number of hydrogen-bond acceptors (Lipinski definition) is 4. The first kappa shape index (κ1) is 52.0. The Bertz CT molecular complexity index is 923. The van der Waals surface area contributed by atoms with E-state index in [2.05, 4.69) is 67.8 Å². The van der Waals surface area contributed by atoms with Crippen LogP contribution >= 0.6 is 0 Å². The van der Waals surface area contributed by atoms with E-state index in [1.165, 1.54) is 148 Å². The van der Waals surface area contributed by atoms with Gasteiger partial charge in [-0.25, -0.2) is 0 Å². The smallest absolute Gasteiger partial charge is 0.249 e. The molecule has 0 saturated carbocycles. The van der Waals surface area contributed by atoms with E-state index in [9.17, 15) is 20.1 Å². The number of hydrogen-bond donors (Lipinski definition) is 4. The molecule has 5 heteroatoms. The van der Waals surface area contributed by atoms with E-state index >= 15 is 0 Å². The van der Waals surface area contributed by atoms with Gasteiger partial charge in [-0.1, -0.05) is 209 Å². The van der Waals surface area contributed by atoms with Gasteiger partial charge in [0.2, 0.25) is 5.91 Å². The second-order valence-electron chi connectivity index (χ2n) is 15.6. The molecular formula is C49H89NO4. The Labute approximate surface area is 335 Å². The predicted molar refractivity (Wildman–Crippen MR) is 236 cm³/mol. The van der Waals surface area contributed by atoms with Gasteiger partial charge in [-0.05, 0) is 70.6 Å². The zero-order valence-electron chi connectivity index (χ0n) is 35.6. The van der Waals surface area contributed by atoms with Gasteiger partial charge in [-0.3, -0.25) is 4.79 Å². The molecule has 0 saturated heterocycles. The van der Waals surface area contributed by atoms with Crippen molar-refractivity contribution < 1.29 is 20.1 Å². The first-order valence-corrected chi connectivity index (χ1v) is 23.1. The van der Waals surface area contributed by atoms with Crippen molar-refractivity contribution >= 4 is 5.91 Å². The van der Waals surface area contributed by atoms with Crippen molar-refractivity contribution in [1.82, 2.24) is 5.32 Å². The van der Waals surface area contributed by atoms with E-state index in [0.717, 1.165) is 51.4 Å². The maximum Gasteiger partial charge on any atom is 0.249 e. The molecule has 0 spiro atoms. The number of allylic oxidation sites excluding steroid dienone is 9. The van der Waals surface area contributed by atoms with Crippen LogP contribution in [0.15, 0.2) is 60.8 Å². The van der Waals surface area contributed by atoms with E-state index in [1.807, 2.05) is 6.08 Å². The molecule has 3 unspecified atom stereocenters. The topological polar surface area (TPSA) is 89.8 Å².